The third-order valence-electron chi connectivity index (χ3n) is 10.1. The molecule has 4 aliphatic carbocycles. The Hall–Kier alpha value is -0.759. The van der Waals surface area contributed by atoms with Gasteiger partial charge in [0, 0.05) is 0 Å². The monoisotopic (exact) mass is 549 g/mol. The Morgan fingerprint density at radius 3 is 1.81 bits per heavy atom. The second kappa shape index (κ2) is 14.6. The van der Waals surface area contributed by atoms with Crippen LogP contribution in [0, 0.1) is 55.4 Å². The summed E-state index contributed by atoms with van der Waals surface area (Å²) in [7, 11) is -1.23. The molecule has 0 aliphatic heterocycles. The molecule has 6 unspecified atom stereocenters. The maximum absolute atomic E-state index is 4.73. The molecule has 0 amide bonds. The van der Waals surface area contributed by atoms with Crippen LogP contribution in [0.2, 0.25) is 18.6 Å². The van der Waals surface area contributed by atoms with E-state index in [-0.39, 0.29) is 29.1 Å². The van der Waals surface area contributed by atoms with Crippen LogP contribution < -0.4 is 0 Å². The summed E-state index contributed by atoms with van der Waals surface area (Å²) in [5, 5.41) is 0. The first-order valence-electron chi connectivity index (χ1n) is 14.5. The fraction of sp³-hybridized carbons (Fsp3) is 0.571. The predicted octanol–water partition coefficient (Wildman–Crippen LogP) is 10.6. The molecule has 1 aromatic carbocycles. The van der Waals surface area contributed by atoms with E-state index in [0.717, 1.165) is 41.0 Å². The van der Waals surface area contributed by atoms with Crippen molar-refractivity contribution in [2.75, 3.05) is 0 Å². The predicted molar refractivity (Wildman–Crippen MR) is 164 cm³/mol. The number of hydrogen-bond donors (Lipinski definition) is 0. The van der Waals surface area contributed by atoms with Crippen molar-refractivity contribution >= 4 is 14.1 Å². The minimum Gasteiger partial charge on any atom is -0.358 e. The number of benzene rings is 1. The summed E-state index contributed by atoms with van der Waals surface area (Å²) in [6.07, 6.45) is 20.9. The first-order chi connectivity index (χ1) is 16.8. The molecule has 1 aromatic rings. The first kappa shape index (κ1) is 32.5. The summed E-state index contributed by atoms with van der Waals surface area (Å²) in [6, 6.07) is 10.2. The smallest absolute Gasteiger partial charge is 0.358 e. The molecule has 5 rings (SSSR count). The molecule has 0 nitrogen and oxygen atoms in total. The van der Waals surface area contributed by atoms with Crippen LogP contribution in [0.3, 0.4) is 0 Å². The van der Waals surface area contributed by atoms with Gasteiger partial charge in [-0.2, -0.15) is 30.7 Å². The zero-order chi connectivity index (χ0) is 25.0. The Labute approximate surface area is 246 Å². The SMILES string of the molecule is C=C1C2CCCCC2C2CC([Si]([CH2-])(C)C)CC2C2CCCCC12.C=C[C-](C)/C=C\c1ccccc1.[CH3-].[Ti+3]. The van der Waals surface area contributed by atoms with Crippen molar-refractivity contribution in [1.29, 1.82) is 0 Å². The normalized spacial score (nSPS) is 32.8. The Kier molecular flexibility index (Phi) is 12.8. The maximum Gasteiger partial charge on any atom is 3.00 e. The van der Waals surface area contributed by atoms with Crippen molar-refractivity contribution in [1.82, 2.24) is 0 Å². The van der Waals surface area contributed by atoms with Gasteiger partial charge in [-0.3, -0.25) is 0 Å². The van der Waals surface area contributed by atoms with Crippen molar-refractivity contribution in [2.45, 2.75) is 89.8 Å². The van der Waals surface area contributed by atoms with Crippen LogP contribution >= 0.6 is 0 Å². The van der Waals surface area contributed by atoms with Crippen molar-refractivity contribution < 1.29 is 21.7 Å². The third-order valence-corrected chi connectivity index (χ3v) is 12.8. The van der Waals surface area contributed by atoms with Gasteiger partial charge in [0.1, 0.15) is 0 Å². The Morgan fingerprint density at radius 1 is 0.865 bits per heavy atom. The number of rotatable bonds is 4. The quantitative estimate of drug-likeness (QED) is 0.199. The van der Waals surface area contributed by atoms with E-state index in [1.165, 1.54) is 75.7 Å². The molecule has 0 heterocycles. The van der Waals surface area contributed by atoms with E-state index < -0.39 is 8.07 Å². The van der Waals surface area contributed by atoms with Crippen molar-refractivity contribution in [3.63, 3.8) is 0 Å². The fourth-order valence-corrected chi connectivity index (χ4v) is 9.95. The number of fused-ring (bicyclic) bond motifs is 5. The molecule has 4 aliphatic rings. The van der Waals surface area contributed by atoms with Gasteiger partial charge in [-0.25, -0.2) is 0 Å². The van der Waals surface area contributed by atoms with Gasteiger partial charge >= 0.3 is 21.7 Å². The Balaban J connectivity index is 0.000000296. The molecule has 4 fully saturated rings. The average molecular weight is 550 g/mol. The van der Waals surface area contributed by atoms with Crippen LogP contribution in [0.5, 0.6) is 0 Å². The van der Waals surface area contributed by atoms with Crippen molar-refractivity contribution in [3.05, 3.63) is 86.7 Å². The first-order valence-corrected chi connectivity index (χ1v) is 17.8. The molecule has 0 saturated heterocycles. The summed E-state index contributed by atoms with van der Waals surface area (Å²) >= 11 is 0. The van der Waals surface area contributed by atoms with Crippen LogP contribution in [0.15, 0.2) is 61.2 Å². The van der Waals surface area contributed by atoms with E-state index >= 15 is 0 Å². The molecule has 0 bridgehead atoms. The molecule has 6 atom stereocenters. The molecule has 0 aromatic heterocycles. The van der Waals surface area contributed by atoms with Gasteiger partial charge in [-0.05, 0) is 61.2 Å². The Bertz CT molecular complexity index is 831. The van der Waals surface area contributed by atoms with Gasteiger partial charge in [0.15, 0.2) is 0 Å². The average Bonchev–Trinajstić information content (AvgIpc) is 3.30. The molecule has 1 radical (unpaired) electrons. The molecule has 0 spiro atoms. The largest absolute Gasteiger partial charge is 3.00 e. The molecule has 37 heavy (non-hydrogen) atoms. The number of hydrogen-bond acceptors (Lipinski definition) is 0. The summed E-state index contributed by atoms with van der Waals surface area (Å²) in [5.41, 5.74) is 3.93. The number of allylic oxidation sites excluding steroid dienone is 3. The molecular weight excluding hydrogens is 496 g/mol. The summed E-state index contributed by atoms with van der Waals surface area (Å²) in [5.74, 6) is 7.00. The zero-order valence-electron chi connectivity index (χ0n) is 24.4. The topological polar surface area (TPSA) is 0 Å². The molecule has 4 saturated carbocycles. The standard InChI is InChI=1S/C22H37Si.C12H13.CH3.Ti/c1-15-17-9-5-7-11-19(17)21-13-16(23(2,3)4)14-22(21)20-12-8-6-10-18(15)20;1-3-11(2)9-10-12-7-5-4-6-8-12;;/h16-22H,1-2,5-14H2,3-4H3;3-10H,1H2,2H3;1H3;/q3*-1;+3/b;10-9-;;. The van der Waals surface area contributed by atoms with E-state index in [1.807, 2.05) is 31.2 Å². The molecule has 2 heteroatoms. The van der Waals surface area contributed by atoms with E-state index in [1.54, 1.807) is 5.57 Å². The van der Waals surface area contributed by atoms with Crippen LogP contribution in [-0.4, -0.2) is 8.07 Å². The van der Waals surface area contributed by atoms with Gasteiger partial charge < -0.3 is 14.0 Å². The van der Waals surface area contributed by atoms with Gasteiger partial charge in [-0.1, -0.05) is 120 Å². The third kappa shape index (κ3) is 7.89. The van der Waals surface area contributed by atoms with E-state index in [2.05, 4.69) is 50.5 Å². The minimum absolute atomic E-state index is 0. The molecule has 0 N–H and O–H groups in total. The summed E-state index contributed by atoms with van der Waals surface area (Å²) < 4.78 is 0. The molecule has 201 valence electrons. The van der Waals surface area contributed by atoms with E-state index in [4.69, 9.17) is 6.58 Å². The molecular formula is C35H53SiTi. The van der Waals surface area contributed by atoms with Gasteiger partial charge in [-0.15, -0.1) is 0 Å². The summed E-state index contributed by atoms with van der Waals surface area (Å²) in [4.78, 5) is 0. The van der Waals surface area contributed by atoms with Crippen molar-refractivity contribution in [2.24, 2.45) is 35.5 Å². The van der Waals surface area contributed by atoms with Crippen LogP contribution in [0.4, 0.5) is 0 Å². The fourth-order valence-electron chi connectivity index (χ4n) is 8.13. The zero-order valence-corrected chi connectivity index (χ0v) is 26.9. The Morgan fingerprint density at radius 2 is 1.35 bits per heavy atom. The van der Waals surface area contributed by atoms with E-state index in [0.29, 0.717) is 0 Å². The van der Waals surface area contributed by atoms with Gasteiger partial charge in [0.05, 0.1) is 0 Å². The van der Waals surface area contributed by atoms with Crippen molar-refractivity contribution in [3.8, 4) is 0 Å². The van der Waals surface area contributed by atoms with Crippen LogP contribution in [0.1, 0.15) is 76.7 Å². The van der Waals surface area contributed by atoms with Gasteiger partial charge in [0.25, 0.3) is 0 Å². The van der Waals surface area contributed by atoms with Crippen LogP contribution in [-0.2, 0) is 21.7 Å². The van der Waals surface area contributed by atoms with Gasteiger partial charge in [0.2, 0.25) is 0 Å². The minimum atomic E-state index is -1.23. The van der Waals surface area contributed by atoms with E-state index in [9.17, 15) is 0 Å². The van der Waals surface area contributed by atoms with Crippen LogP contribution in [0.25, 0.3) is 6.08 Å². The second-order valence-corrected chi connectivity index (χ2v) is 17.7. The second-order valence-electron chi connectivity index (χ2n) is 12.9. The maximum atomic E-state index is 4.73. The summed E-state index contributed by atoms with van der Waals surface area (Å²) in [6.45, 7) is 20.2.